The van der Waals surface area contributed by atoms with E-state index in [4.69, 9.17) is 11.6 Å². The summed E-state index contributed by atoms with van der Waals surface area (Å²) in [5.41, 5.74) is 2.37. The van der Waals surface area contributed by atoms with Gasteiger partial charge in [-0.05, 0) is 18.6 Å². The molecule has 0 bridgehead atoms. The van der Waals surface area contributed by atoms with E-state index in [1.54, 1.807) is 11.3 Å². The van der Waals surface area contributed by atoms with Crippen molar-refractivity contribution in [3.05, 3.63) is 39.9 Å². The summed E-state index contributed by atoms with van der Waals surface area (Å²) in [7, 11) is 0. The molecule has 1 aliphatic rings. The number of hydrogen-bond acceptors (Lipinski definition) is 3. The highest BCUT2D eigenvalue weighted by molar-refractivity contribution is 7.15. The van der Waals surface area contributed by atoms with Crippen molar-refractivity contribution in [1.82, 2.24) is 10.3 Å². The van der Waals surface area contributed by atoms with Crippen molar-refractivity contribution in [2.45, 2.75) is 13.0 Å². The molecular formula is C12H11ClN2S. The molecule has 1 aliphatic heterocycles. The minimum Gasteiger partial charge on any atom is -0.311 e. The van der Waals surface area contributed by atoms with Gasteiger partial charge in [0.15, 0.2) is 0 Å². The van der Waals surface area contributed by atoms with Crippen LogP contribution in [0.25, 0.3) is 10.6 Å². The summed E-state index contributed by atoms with van der Waals surface area (Å²) in [5.74, 6) is 0. The number of thiazole rings is 1. The largest absolute Gasteiger partial charge is 0.311 e. The number of nitrogens with one attached hydrogen (secondary N) is 1. The standard InChI is InChI=1S/C12H11ClN2S/c13-9-3-1-8(2-4-9)12-15-10-7-14-6-5-11(10)16-12/h1-4,14H,5-7H2. The number of halogens is 1. The molecule has 1 N–H and O–H groups in total. The molecule has 82 valence electrons. The van der Waals surface area contributed by atoms with Crippen LogP contribution in [-0.2, 0) is 13.0 Å². The van der Waals surface area contributed by atoms with Crippen LogP contribution in [-0.4, -0.2) is 11.5 Å². The third-order valence-electron chi connectivity index (χ3n) is 2.69. The van der Waals surface area contributed by atoms with Crippen molar-refractivity contribution in [3.8, 4) is 10.6 Å². The van der Waals surface area contributed by atoms with Crippen LogP contribution < -0.4 is 5.32 Å². The Morgan fingerprint density at radius 3 is 2.81 bits per heavy atom. The SMILES string of the molecule is Clc1ccc(-c2nc3c(s2)CCNC3)cc1. The fraction of sp³-hybridized carbons (Fsp3) is 0.250. The Kier molecular flexibility index (Phi) is 2.67. The van der Waals surface area contributed by atoms with E-state index in [9.17, 15) is 0 Å². The molecular weight excluding hydrogens is 240 g/mol. The maximum absolute atomic E-state index is 5.87. The number of aromatic nitrogens is 1. The normalized spacial score (nSPS) is 14.8. The zero-order valence-electron chi connectivity index (χ0n) is 8.66. The first-order valence-electron chi connectivity index (χ1n) is 5.28. The molecule has 0 fully saturated rings. The highest BCUT2D eigenvalue weighted by Crippen LogP contribution is 2.30. The molecule has 3 rings (SSSR count). The lowest BCUT2D eigenvalue weighted by Gasteiger charge is -2.09. The van der Waals surface area contributed by atoms with Crippen LogP contribution in [0.1, 0.15) is 10.6 Å². The summed E-state index contributed by atoms with van der Waals surface area (Å²) in [4.78, 5) is 6.08. The van der Waals surface area contributed by atoms with Gasteiger partial charge in [-0.25, -0.2) is 4.98 Å². The van der Waals surface area contributed by atoms with Gasteiger partial charge in [-0.1, -0.05) is 23.7 Å². The maximum Gasteiger partial charge on any atom is 0.123 e. The molecule has 16 heavy (non-hydrogen) atoms. The van der Waals surface area contributed by atoms with Crippen LogP contribution >= 0.6 is 22.9 Å². The first kappa shape index (κ1) is 10.3. The number of fused-ring (bicyclic) bond motifs is 1. The molecule has 0 saturated heterocycles. The van der Waals surface area contributed by atoms with Crippen LogP contribution in [0.3, 0.4) is 0 Å². The van der Waals surface area contributed by atoms with Gasteiger partial charge in [-0.2, -0.15) is 0 Å². The minimum absolute atomic E-state index is 0.770. The van der Waals surface area contributed by atoms with Crippen molar-refractivity contribution in [2.24, 2.45) is 0 Å². The van der Waals surface area contributed by atoms with Crippen LogP contribution in [0, 0.1) is 0 Å². The summed E-state index contributed by atoms with van der Waals surface area (Å²) >= 11 is 7.67. The van der Waals surface area contributed by atoms with E-state index >= 15 is 0 Å². The zero-order chi connectivity index (χ0) is 11.0. The summed E-state index contributed by atoms with van der Waals surface area (Å²) < 4.78 is 0. The van der Waals surface area contributed by atoms with Crippen LogP contribution in [0.15, 0.2) is 24.3 Å². The van der Waals surface area contributed by atoms with Crippen molar-refractivity contribution in [2.75, 3.05) is 6.54 Å². The van der Waals surface area contributed by atoms with Gasteiger partial charge < -0.3 is 5.32 Å². The van der Waals surface area contributed by atoms with Crippen molar-refractivity contribution in [3.63, 3.8) is 0 Å². The lowest BCUT2D eigenvalue weighted by molar-refractivity contribution is 0.639. The second-order valence-electron chi connectivity index (χ2n) is 3.82. The Balaban J connectivity index is 2.00. The van der Waals surface area contributed by atoms with Gasteiger partial charge in [-0.3, -0.25) is 0 Å². The minimum atomic E-state index is 0.770. The lowest BCUT2D eigenvalue weighted by atomic mass is 10.2. The average molecular weight is 251 g/mol. The Morgan fingerprint density at radius 2 is 2.06 bits per heavy atom. The van der Waals surface area contributed by atoms with E-state index in [-0.39, 0.29) is 0 Å². The predicted octanol–water partition coefficient (Wildman–Crippen LogP) is 3.11. The Hall–Kier alpha value is -0.900. The molecule has 0 spiro atoms. The topological polar surface area (TPSA) is 24.9 Å². The van der Waals surface area contributed by atoms with E-state index in [1.807, 2.05) is 24.3 Å². The first-order chi connectivity index (χ1) is 7.83. The van der Waals surface area contributed by atoms with Gasteiger partial charge in [0, 0.05) is 28.6 Å². The second-order valence-corrected chi connectivity index (χ2v) is 5.34. The lowest BCUT2D eigenvalue weighted by Crippen LogP contribution is -2.22. The molecule has 1 aromatic heterocycles. The monoisotopic (exact) mass is 250 g/mol. The highest BCUT2D eigenvalue weighted by Gasteiger charge is 2.15. The van der Waals surface area contributed by atoms with Crippen LogP contribution in [0.2, 0.25) is 5.02 Å². The first-order valence-corrected chi connectivity index (χ1v) is 6.47. The molecule has 1 aromatic carbocycles. The van der Waals surface area contributed by atoms with E-state index in [0.29, 0.717) is 0 Å². The van der Waals surface area contributed by atoms with Gasteiger partial charge in [0.1, 0.15) is 5.01 Å². The number of rotatable bonds is 1. The van der Waals surface area contributed by atoms with Gasteiger partial charge >= 0.3 is 0 Å². The van der Waals surface area contributed by atoms with Gasteiger partial charge in [0.2, 0.25) is 0 Å². The fourth-order valence-corrected chi connectivity index (χ4v) is 3.05. The van der Waals surface area contributed by atoms with Gasteiger partial charge in [0.05, 0.1) is 5.69 Å². The molecule has 0 unspecified atom stereocenters. The maximum atomic E-state index is 5.87. The molecule has 0 saturated carbocycles. The highest BCUT2D eigenvalue weighted by atomic mass is 35.5. The Morgan fingerprint density at radius 1 is 1.25 bits per heavy atom. The molecule has 0 radical (unpaired) electrons. The Bertz CT molecular complexity index is 481. The molecule has 0 atom stereocenters. The molecule has 2 nitrogen and oxygen atoms in total. The number of hydrogen-bond donors (Lipinski definition) is 1. The molecule has 0 aliphatic carbocycles. The smallest absolute Gasteiger partial charge is 0.123 e. The molecule has 2 heterocycles. The van der Waals surface area contributed by atoms with Gasteiger partial charge in [-0.15, -0.1) is 11.3 Å². The molecule has 2 aromatic rings. The van der Waals surface area contributed by atoms with E-state index in [0.717, 1.165) is 35.1 Å². The van der Waals surface area contributed by atoms with Crippen molar-refractivity contribution in [1.29, 1.82) is 0 Å². The Labute approximate surface area is 103 Å². The van der Waals surface area contributed by atoms with Crippen molar-refractivity contribution >= 4 is 22.9 Å². The number of benzene rings is 1. The van der Waals surface area contributed by atoms with Crippen LogP contribution in [0.5, 0.6) is 0 Å². The zero-order valence-corrected chi connectivity index (χ0v) is 10.2. The summed E-state index contributed by atoms with van der Waals surface area (Å²) in [6, 6.07) is 7.88. The quantitative estimate of drug-likeness (QED) is 0.841. The third kappa shape index (κ3) is 1.86. The fourth-order valence-electron chi connectivity index (χ4n) is 1.84. The molecule has 0 amide bonds. The van der Waals surface area contributed by atoms with E-state index in [1.165, 1.54) is 10.6 Å². The predicted molar refractivity (Wildman–Crippen MR) is 68.0 cm³/mol. The average Bonchev–Trinajstić information content (AvgIpc) is 2.73. The summed E-state index contributed by atoms with van der Waals surface area (Å²) in [6.07, 6.45) is 1.10. The molecule has 4 heteroatoms. The van der Waals surface area contributed by atoms with E-state index in [2.05, 4.69) is 10.3 Å². The third-order valence-corrected chi connectivity index (χ3v) is 4.15. The van der Waals surface area contributed by atoms with Crippen molar-refractivity contribution < 1.29 is 0 Å². The van der Waals surface area contributed by atoms with E-state index < -0.39 is 0 Å². The summed E-state index contributed by atoms with van der Waals surface area (Å²) in [5, 5.41) is 5.21. The van der Waals surface area contributed by atoms with Crippen LogP contribution in [0.4, 0.5) is 0 Å². The van der Waals surface area contributed by atoms with Gasteiger partial charge in [0.25, 0.3) is 0 Å². The summed E-state index contributed by atoms with van der Waals surface area (Å²) in [6.45, 7) is 1.97. The second kappa shape index (κ2) is 4.17. The number of nitrogens with zero attached hydrogens (tertiary/aromatic N) is 1.